The Labute approximate surface area is 243 Å². The number of amides is 1. The average molecular weight is 603 g/mol. The van der Waals surface area contributed by atoms with E-state index in [2.05, 4.69) is 80.0 Å². The molecule has 200 valence electrons. The van der Waals surface area contributed by atoms with Crippen molar-refractivity contribution in [3.05, 3.63) is 112 Å². The van der Waals surface area contributed by atoms with E-state index in [0.717, 1.165) is 50.5 Å². The van der Waals surface area contributed by atoms with E-state index in [1.807, 2.05) is 60.8 Å². The van der Waals surface area contributed by atoms with Gasteiger partial charge in [-0.25, -0.2) is 0 Å². The van der Waals surface area contributed by atoms with Gasteiger partial charge in [0.05, 0.1) is 17.8 Å². The number of carbonyl (C=O) groups excluding carboxylic acids is 1. The lowest BCUT2D eigenvalue weighted by Crippen LogP contribution is -2.33. The summed E-state index contributed by atoms with van der Waals surface area (Å²) >= 11 is 9.46. The van der Waals surface area contributed by atoms with Gasteiger partial charge >= 0.3 is 0 Å². The maximum absolute atomic E-state index is 13.1. The molecule has 4 aromatic rings. The maximum Gasteiger partial charge on any atom is 0.226 e. The number of aryl methyl sites for hydroxylation is 2. The number of halogens is 1. The van der Waals surface area contributed by atoms with Gasteiger partial charge in [-0.2, -0.15) is 0 Å². The summed E-state index contributed by atoms with van der Waals surface area (Å²) in [6, 6.07) is 24.2. The van der Waals surface area contributed by atoms with Gasteiger partial charge in [0.2, 0.25) is 5.91 Å². The molecule has 8 heteroatoms. The molecule has 1 saturated heterocycles. The highest BCUT2D eigenvalue weighted by Gasteiger charge is 2.41. The normalized spacial score (nSPS) is 16.8. The number of rotatable bonds is 8. The van der Waals surface area contributed by atoms with Gasteiger partial charge < -0.3 is 20.1 Å². The minimum Gasteiger partial charge on any atom is -0.352 e. The van der Waals surface area contributed by atoms with E-state index in [1.165, 1.54) is 0 Å². The van der Waals surface area contributed by atoms with Crippen LogP contribution >= 0.6 is 28.1 Å². The number of hydrogen-bond acceptors (Lipinski definition) is 3. The molecule has 0 radical (unpaired) electrons. The van der Waals surface area contributed by atoms with E-state index in [-0.39, 0.29) is 18.0 Å². The highest BCUT2D eigenvalue weighted by molar-refractivity contribution is 9.10. The molecule has 2 atom stereocenters. The Morgan fingerprint density at radius 3 is 2.62 bits per heavy atom. The average Bonchev–Trinajstić information content (AvgIpc) is 3.42. The highest BCUT2D eigenvalue weighted by Crippen LogP contribution is 2.41. The second-order valence-corrected chi connectivity index (χ2v) is 11.1. The second kappa shape index (κ2) is 11.7. The summed E-state index contributed by atoms with van der Waals surface area (Å²) < 4.78 is 3.30. The van der Waals surface area contributed by atoms with Crippen LogP contribution in [0, 0.1) is 13.8 Å². The summed E-state index contributed by atoms with van der Waals surface area (Å²) in [7, 11) is 0. The van der Waals surface area contributed by atoms with E-state index < -0.39 is 0 Å². The zero-order chi connectivity index (χ0) is 27.5. The fourth-order valence-corrected chi connectivity index (χ4v) is 6.19. The van der Waals surface area contributed by atoms with Gasteiger partial charge in [0.15, 0.2) is 5.11 Å². The summed E-state index contributed by atoms with van der Waals surface area (Å²) in [5.74, 6) is -0.0293. The number of thiocarbonyl (C=S) groups is 1. The smallest absolute Gasteiger partial charge is 0.226 e. The molecule has 0 aliphatic carbocycles. The summed E-state index contributed by atoms with van der Waals surface area (Å²) in [5.41, 5.74) is 7.42. The monoisotopic (exact) mass is 601 g/mol. The predicted octanol–water partition coefficient (Wildman–Crippen LogP) is 6.82. The number of anilines is 1. The molecular weight excluding hydrogens is 570 g/mol. The van der Waals surface area contributed by atoms with Gasteiger partial charge in [0.25, 0.3) is 0 Å². The molecule has 1 aliphatic rings. The number of benzene rings is 2. The van der Waals surface area contributed by atoms with E-state index in [4.69, 9.17) is 12.2 Å². The minimum absolute atomic E-state index is 0.0293. The Hall–Kier alpha value is -3.49. The number of aromatic nitrogens is 2. The van der Waals surface area contributed by atoms with Crippen molar-refractivity contribution in [1.82, 2.24) is 19.8 Å². The first kappa shape index (κ1) is 27.1. The molecule has 0 unspecified atom stereocenters. The van der Waals surface area contributed by atoms with E-state index in [9.17, 15) is 4.79 Å². The number of carbonyl (C=O) groups is 1. The number of pyridine rings is 1. The number of nitrogens with one attached hydrogen (secondary N) is 2. The van der Waals surface area contributed by atoms with Crippen LogP contribution in [-0.2, 0) is 11.2 Å². The zero-order valence-corrected chi connectivity index (χ0v) is 24.7. The van der Waals surface area contributed by atoms with Crippen molar-refractivity contribution in [2.75, 3.05) is 11.9 Å². The quantitative estimate of drug-likeness (QED) is 0.217. The minimum atomic E-state index is -0.140. The van der Waals surface area contributed by atoms with E-state index >= 15 is 0 Å². The van der Waals surface area contributed by atoms with Crippen LogP contribution in [-0.4, -0.2) is 32.0 Å². The summed E-state index contributed by atoms with van der Waals surface area (Å²) in [4.78, 5) is 19.9. The maximum atomic E-state index is 13.1. The molecule has 1 amide bonds. The van der Waals surface area contributed by atoms with Crippen LogP contribution in [0.3, 0.4) is 0 Å². The molecule has 1 fully saturated rings. The second-order valence-electron chi connectivity index (χ2n) is 9.77. The number of hydrogen-bond donors (Lipinski definition) is 2. The summed E-state index contributed by atoms with van der Waals surface area (Å²) in [6.07, 6.45) is 2.98. The SMILES string of the molecule is CCc1ccccc1NC(=O)CCN1C(=S)N[C@H](c2ccccn2)[C@H]1c1cc(C)n(-c2cccc(Br)c2)c1C. The third kappa shape index (κ3) is 5.63. The molecule has 1 aliphatic heterocycles. The molecular formula is C31H32BrN5OS. The lowest BCUT2D eigenvalue weighted by atomic mass is 9.96. The van der Waals surface area contributed by atoms with Crippen LogP contribution in [0.2, 0.25) is 0 Å². The van der Waals surface area contributed by atoms with Crippen molar-refractivity contribution in [1.29, 1.82) is 0 Å². The van der Waals surface area contributed by atoms with Crippen LogP contribution in [0.15, 0.2) is 83.5 Å². The van der Waals surface area contributed by atoms with Gasteiger partial charge in [-0.1, -0.05) is 53.2 Å². The largest absolute Gasteiger partial charge is 0.352 e. The third-order valence-electron chi connectivity index (χ3n) is 7.31. The first-order chi connectivity index (χ1) is 18.9. The van der Waals surface area contributed by atoms with Gasteiger partial charge in [-0.05, 0) is 86.1 Å². The molecule has 39 heavy (non-hydrogen) atoms. The first-order valence-electron chi connectivity index (χ1n) is 13.2. The lowest BCUT2D eigenvalue weighted by Gasteiger charge is -2.28. The Bertz CT molecular complexity index is 1500. The van der Waals surface area contributed by atoms with Crippen molar-refractivity contribution < 1.29 is 4.79 Å². The molecule has 2 N–H and O–H groups in total. The predicted molar refractivity (Wildman–Crippen MR) is 164 cm³/mol. The van der Waals surface area contributed by atoms with Gasteiger partial charge in [-0.15, -0.1) is 0 Å². The molecule has 0 saturated carbocycles. The number of nitrogens with zero attached hydrogens (tertiary/aromatic N) is 3. The van der Waals surface area contributed by atoms with Crippen molar-refractivity contribution in [3.63, 3.8) is 0 Å². The lowest BCUT2D eigenvalue weighted by molar-refractivity contribution is -0.116. The Morgan fingerprint density at radius 2 is 1.87 bits per heavy atom. The molecule has 3 heterocycles. The van der Waals surface area contributed by atoms with Crippen LogP contribution in [0.4, 0.5) is 5.69 Å². The first-order valence-corrected chi connectivity index (χ1v) is 14.4. The van der Waals surface area contributed by atoms with Crippen LogP contribution in [0.5, 0.6) is 0 Å². The van der Waals surface area contributed by atoms with Crippen molar-refractivity contribution in [2.24, 2.45) is 0 Å². The Kier molecular flexibility index (Phi) is 8.14. The van der Waals surface area contributed by atoms with Gasteiger partial charge in [0, 0.05) is 46.4 Å². The molecule has 6 nitrogen and oxygen atoms in total. The highest BCUT2D eigenvalue weighted by atomic mass is 79.9. The van der Waals surface area contributed by atoms with Crippen molar-refractivity contribution >= 4 is 44.9 Å². The molecule has 0 spiro atoms. The Morgan fingerprint density at radius 1 is 1.08 bits per heavy atom. The number of para-hydroxylation sites is 1. The van der Waals surface area contributed by atoms with E-state index in [1.54, 1.807) is 0 Å². The molecule has 2 aromatic carbocycles. The molecule has 0 bridgehead atoms. The third-order valence-corrected chi connectivity index (χ3v) is 8.15. The Balaban J connectivity index is 1.47. The van der Waals surface area contributed by atoms with Crippen LogP contribution in [0.25, 0.3) is 5.69 Å². The van der Waals surface area contributed by atoms with Gasteiger partial charge in [0.1, 0.15) is 0 Å². The standard InChI is InChI=1S/C31H32BrN5OS/c1-4-22-10-5-6-13-26(22)34-28(38)15-17-36-30(29(35-31(36)39)27-14-7-8-16-33-27)25-18-20(2)37(21(25)3)24-12-9-11-23(32)19-24/h5-14,16,18-19,29-30H,4,15,17H2,1-3H3,(H,34,38)(H,35,39)/t29-,30-/m1/s1. The van der Waals surface area contributed by atoms with Crippen LogP contribution < -0.4 is 10.6 Å². The fourth-order valence-electron chi connectivity index (χ4n) is 5.47. The van der Waals surface area contributed by atoms with E-state index in [0.29, 0.717) is 18.1 Å². The zero-order valence-electron chi connectivity index (χ0n) is 22.3. The van der Waals surface area contributed by atoms with Crippen molar-refractivity contribution in [3.8, 4) is 5.69 Å². The van der Waals surface area contributed by atoms with Crippen LogP contribution in [0.1, 0.15) is 53.6 Å². The molecule has 5 rings (SSSR count). The fraction of sp³-hybridized carbons (Fsp3) is 0.258. The van der Waals surface area contributed by atoms with Crippen molar-refractivity contribution in [2.45, 2.75) is 45.7 Å². The topological polar surface area (TPSA) is 62.2 Å². The van der Waals surface area contributed by atoms with Gasteiger partial charge in [-0.3, -0.25) is 9.78 Å². The molecule has 2 aromatic heterocycles. The summed E-state index contributed by atoms with van der Waals surface area (Å²) in [5, 5.41) is 7.24. The summed E-state index contributed by atoms with van der Waals surface area (Å²) in [6.45, 7) is 6.84.